The number of ether oxygens (including phenoxy) is 2. The van der Waals surface area contributed by atoms with Crippen molar-refractivity contribution in [2.45, 2.75) is 6.92 Å². The molecule has 188 valence electrons. The zero-order chi connectivity index (χ0) is 26.7. The number of nitro groups is 1. The van der Waals surface area contributed by atoms with Crippen LogP contribution >= 0.6 is 35.6 Å². The number of aromatic nitrogens is 1. The van der Waals surface area contributed by atoms with Gasteiger partial charge in [-0.3, -0.25) is 25.1 Å². The summed E-state index contributed by atoms with van der Waals surface area (Å²) in [5.41, 5.74) is 3.85. The third kappa shape index (κ3) is 5.71. The highest BCUT2D eigenvalue weighted by molar-refractivity contribution is 8.26. The van der Waals surface area contributed by atoms with Gasteiger partial charge in [0.1, 0.15) is 0 Å². The molecule has 0 aliphatic carbocycles. The number of hydrazine groups is 1. The van der Waals surface area contributed by atoms with E-state index in [1.807, 2.05) is 6.92 Å². The molecule has 0 radical (unpaired) electrons. The Kier molecular flexibility index (Phi) is 7.71. The van der Waals surface area contributed by atoms with E-state index in [1.165, 1.54) is 31.5 Å². The molecule has 2 amide bonds. The highest BCUT2D eigenvalue weighted by Gasteiger charge is 2.34. The summed E-state index contributed by atoms with van der Waals surface area (Å²) in [7, 11) is 1.41. The molecule has 2 heterocycles. The Morgan fingerprint density at radius 2 is 2.03 bits per heavy atom. The van der Waals surface area contributed by atoms with Crippen LogP contribution in [0.5, 0.6) is 17.4 Å². The second-order valence-electron chi connectivity index (χ2n) is 7.54. The molecule has 1 N–H and O–H groups in total. The predicted octanol–water partition coefficient (Wildman–Crippen LogP) is 5.30. The number of pyridine rings is 1. The van der Waals surface area contributed by atoms with E-state index in [9.17, 15) is 19.7 Å². The van der Waals surface area contributed by atoms with Gasteiger partial charge in [-0.15, -0.1) is 0 Å². The number of aryl methyl sites for hydroxylation is 1. The number of carbonyl (C=O) groups is 2. The first-order valence-corrected chi connectivity index (χ1v) is 12.1. The van der Waals surface area contributed by atoms with Gasteiger partial charge in [-0.05, 0) is 66.7 Å². The van der Waals surface area contributed by atoms with E-state index in [4.69, 9.17) is 33.3 Å². The summed E-state index contributed by atoms with van der Waals surface area (Å²) in [4.78, 5) is 40.5. The van der Waals surface area contributed by atoms with Crippen LogP contribution in [-0.2, 0) is 4.79 Å². The van der Waals surface area contributed by atoms with E-state index in [0.717, 1.165) is 22.3 Å². The molecule has 0 saturated carbocycles. The Hall–Kier alpha value is -4.00. The highest BCUT2D eigenvalue weighted by Crippen LogP contribution is 2.37. The predicted molar refractivity (Wildman–Crippen MR) is 143 cm³/mol. The van der Waals surface area contributed by atoms with Gasteiger partial charge < -0.3 is 9.47 Å². The lowest BCUT2D eigenvalue weighted by Crippen LogP contribution is -2.44. The monoisotopic (exact) mass is 556 g/mol. The van der Waals surface area contributed by atoms with Crippen LogP contribution in [0.25, 0.3) is 6.08 Å². The topological polar surface area (TPSA) is 124 Å². The van der Waals surface area contributed by atoms with Crippen LogP contribution in [-0.4, -0.2) is 38.2 Å². The van der Waals surface area contributed by atoms with Gasteiger partial charge in [-0.25, -0.2) is 4.98 Å². The first kappa shape index (κ1) is 26.1. The third-order valence-electron chi connectivity index (χ3n) is 5.02. The number of nitrogens with one attached hydrogen (secondary N) is 1. The van der Waals surface area contributed by atoms with Crippen molar-refractivity contribution in [1.29, 1.82) is 0 Å². The van der Waals surface area contributed by atoms with Crippen molar-refractivity contribution in [3.05, 3.63) is 91.5 Å². The van der Waals surface area contributed by atoms with Crippen LogP contribution in [0.2, 0.25) is 5.02 Å². The molecule has 1 fully saturated rings. The largest absolute Gasteiger partial charge is 0.493 e. The summed E-state index contributed by atoms with van der Waals surface area (Å²) < 4.78 is 11.1. The van der Waals surface area contributed by atoms with Crippen LogP contribution in [0, 0.1) is 17.0 Å². The molecule has 13 heteroatoms. The highest BCUT2D eigenvalue weighted by atomic mass is 35.5. The van der Waals surface area contributed by atoms with E-state index in [0.29, 0.717) is 5.56 Å². The molecule has 1 aromatic heterocycles. The fourth-order valence-electron chi connectivity index (χ4n) is 3.24. The fourth-order valence-corrected chi connectivity index (χ4v) is 4.74. The molecular weight excluding hydrogens is 540 g/mol. The number of hydrogen-bond donors (Lipinski definition) is 1. The van der Waals surface area contributed by atoms with Crippen molar-refractivity contribution >= 4 is 63.5 Å². The quantitative estimate of drug-likeness (QED) is 0.179. The summed E-state index contributed by atoms with van der Waals surface area (Å²) in [6, 6.07) is 12.4. The number of methoxy groups -OCH3 is 1. The number of benzene rings is 2. The van der Waals surface area contributed by atoms with Crippen molar-refractivity contribution in [3.8, 4) is 17.4 Å². The minimum atomic E-state index is -0.600. The average Bonchev–Trinajstić information content (AvgIpc) is 3.12. The third-order valence-corrected chi connectivity index (χ3v) is 6.63. The molecule has 1 saturated heterocycles. The van der Waals surface area contributed by atoms with Gasteiger partial charge in [-0.1, -0.05) is 35.5 Å². The van der Waals surface area contributed by atoms with Gasteiger partial charge in [0.05, 0.1) is 27.5 Å². The maximum absolute atomic E-state index is 13.0. The maximum atomic E-state index is 13.0. The summed E-state index contributed by atoms with van der Waals surface area (Å²) in [6.45, 7) is 1.84. The van der Waals surface area contributed by atoms with Crippen LogP contribution in [0.15, 0.2) is 59.6 Å². The van der Waals surface area contributed by atoms with Gasteiger partial charge in [-0.2, -0.15) is 5.01 Å². The molecule has 0 spiro atoms. The lowest BCUT2D eigenvalue weighted by molar-refractivity contribution is -0.386. The van der Waals surface area contributed by atoms with E-state index in [-0.39, 0.29) is 42.9 Å². The molecule has 2 aromatic carbocycles. The second kappa shape index (κ2) is 10.9. The van der Waals surface area contributed by atoms with Crippen LogP contribution in [0.3, 0.4) is 0 Å². The van der Waals surface area contributed by atoms with Crippen LogP contribution in [0.1, 0.15) is 21.5 Å². The normalized spacial score (nSPS) is 14.1. The lowest BCUT2D eigenvalue weighted by atomic mass is 10.1. The second-order valence-corrected chi connectivity index (χ2v) is 9.62. The van der Waals surface area contributed by atoms with Crippen molar-refractivity contribution in [2.75, 3.05) is 7.11 Å². The number of hydrogen-bond acceptors (Lipinski definition) is 9. The van der Waals surface area contributed by atoms with Crippen molar-refractivity contribution < 1.29 is 24.0 Å². The lowest BCUT2D eigenvalue weighted by Gasteiger charge is -2.16. The molecule has 4 rings (SSSR count). The SMILES string of the molecule is COc1cc(/C=C2\SC(=S)N(NC(=O)c3ccc(C)cc3Cl)C2=O)ccc1Oc1ncccc1[N+](=O)[O-]. The van der Waals surface area contributed by atoms with E-state index < -0.39 is 16.7 Å². The molecule has 37 heavy (non-hydrogen) atoms. The minimum absolute atomic E-state index is 0.141. The smallest absolute Gasteiger partial charge is 0.331 e. The summed E-state index contributed by atoms with van der Waals surface area (Å²) in [6.07, 6.45) is 2.94. The van der Waals surface area contributed by atoms with Crippen molar-refractivity contribution in [3.63, 3.8) is 0 Å². The molecule has 1 aliphatic heterocycles. The molecule has 0 atom stereocenters. The molecule has 0 bridgehead atoms. The summed E-state index contributed by atoms with van der Waals surface area (Å²) >= 11 is 12.5. The average molecular weight is 557 g/mol. The van der Waals surface area contributed by atoms with Crippen molar-refractivity contribution in [2.24, 2.45) is 0 Å². The van der Waals surface area contributed by atoms with E-state index in [1.54, 1.807) is 36.4 Å². The molecule has 1 aliphatic rings. The van der Waals surface area contributed by atoms with Gasteiger partial charge in [0.25, 0.3) is 17.7 Å². The number of carbonyl (C=O) groups excluding carboxylic acids is 2. The summed E-state index contributed by atoms with van der Waals surface area (Å²) in [5, 5.41) is 12.5. The first-order chi connectivity index (χ1) is 17.7. The molecule has 0 unspecified atom stereocenters. The fraction of sp³-hybridized carbons (Fsp3) is 0.0833. The van der Waals surface area contributed by atoms with E-state index in [2.05, 4.69) is 10.4 Å². The molecule has 10 nitrogen and oxygen atoms in total. The number of thiocarbonyl (C=S) groups is 1. The number of thioether (sulfide) groups is 1. The minimum Gasteiger partial charge on any atom is -0.493 e. The van der Waals surface area contributed by atoms with Crippen molar-refractivity contribution in [1.82, 2.24) is 15.4 Å². The van der Waals surface area contributed by atoms with Gasteiger partial charge in [0, 0.05) is 12.3 Å². The number of rotatable bonds is 7. The Morgan fingerprint density at radius 1 is 1.24 bits per heavy atom. The number of amides is 2. The summed E-state index contributed by atoms with van der Waals surface area (Å²) in [5.74, 6) is -0.837. The van der Waals surface area contributed by atoms with E-state index >= 15 is 0 Å². The molecular formula is C24H17ClN4O6S2. The zero-order valence-electron chi connectivity index (χ0n) is 19.3. The zero-order valence-corrected chi connectivity index (χ0v) is 21.6. The molecule has 3 aromatic rings. The Balaban J connectivity index is 1.54. The van der Waals surface area contributed by atoms with Gasteiger partial charge in [0.15, 0.2) is 15.8 Å². The standard InChI is InChI=1S/C24H17ClN4O6S2/c1-13-5-7-15(16(25)10-13)21(30)27-28-23(31)20(37-24(28)36)12-14-6-8-18(19(11-14)34-2)35-22-17(29(32)33)4-3-9-26-22/h3-12H,1-2H3,(H,27,30)/b20-12-. The maximum Gasteiger partial charge on any atom is 0.331 e. The van der Waals surface area contributed by atoms with Crippen LogP contribution in [0.4, 0.5) is 5.69 Å². The van der Waals surface area contributed by atoms with Gasteiger partial charge >= 0.3 is 5.69 Å². The van der Waals surface area contributed by atoms with Crippen LogP contribution < -0.4 is 14.9 Å². The Labute approximate surface area is 225 Å². The number of nitrogens with zero attached hydrogens (tertiary/aromatic N) is 3. The van der Waals surface area contributed by atoms with Gasteiger partial charge in [0.2, 0.25) is 0 Å². The Bertz CT molecular complexity index is 1480. The number of halogens is 1. The Morgan fingerprint density at radius 3 is 2.73 bits per heavy atom. The first-order valence-electron chi connectivity index (χ1n) is 10.5.